The second kappa shape index (κ2) is 5.87. The van der Waals surface area contributed by atoms with Gasteiger partial charge in [-0.3, -0.25) is 4.90 Å². The molecule has 0 bridgehead atoms. The zero-order chi connectivity index (χ0) is 12.3. The predicted molar refractivity (Wildman–Crippen MR) is 70.5 cm³/mol. The lowest BCUT2D eigenvalue weighted by Gasteiger charge is -2.45. The fraction of sp³-hybridized carbons (Fsp3) is 0.933. The molecule has 0 aromatic rings. The molecule has 0 N–H and O–H groups in total. The Balaban J connectivity index is 2.06. The molecule has 0 radical (unpaired) electrons. The largest absolute Gasteiger partial charge is 0.296 e. The summed E-state index contributed by atoms with van der Waals surface area (Å²) in [6, 6.07) is 3.82. The van der Waals surface area contributed by atoms with Crippen molar-refractivity contribution in [3.05, 3.63) is 0 Å². The van der Waals surface area contributed by atoms with Gasteiger partial charge in [0.15, 0.2) is 0 Å². The summed E-state index contributed by atoms with van der Waals surface area (Å²) in [5, 5.41) is 9.36. The van der Waals surface area contributed by atoms with Crippen LogP contribution < -0.4 is 0 Å². The number of hydrogen-bond donors (Lipinski definition) is 0. The lowest BCUT2D eigenvalue weighted by Crippen LogP contribution is -2.50. The standard InChI is InChI=1S/C15H26N2/c1-3-13-7-8-14(11-16)15(10-13)17-9-5-4-6-12(17)2/h12-15H,3-10H2,1-2H3. The highest BCUT2D eigenvalue weighted by atomic mass is 15.2. The number of hydrogen-bond acceptors (Lipinski definition) is 2. The van der Waals surface area contributed by atoms with Crippen LogP contribution in [0.2, 0.25) is 0 Å². The summed E-state index contributed by atoms with van der Waals surface area (Å²) in [6.45, 7) is 5.87. The van der Waals surface area contributed by atoms with Crippen molar-refractivity contribution in [2.24, 2.45) is 11.8 Å². The van der Waals surface area contributed by atoms with E-state index in [1.54, 1.807) is 0 Å². The second-order valence-corrected chi connectivity index (χ2v) is 5.97. The quantitative estimate of drug-likeness (QED) is 0.730. The van der Waals surface area contributed by atoms with Gasteiger partial charge in [-0.25, -0.2) is 0 Å². The molecule has 96 valence electrons. The van der Waals surface area contributed by atoms with Crippen molar-refractivity contribution in [1.82, 2.24) is 4.90 Å². The predicted octanol–water partition coefficient (Wildman–Crippen LogP) is 3.58. The van der Waals surface area contributed by atoms with Crippen molar-refractivity contribution >= 4 is 0 Å². The average molecular weight is 234 g/mol. The van der Waals surface area contributed by atoms with Gasteiger partial charge in [0.05, 0.1) is 12.0 Å². The highest BCUT2D eigenvalue weighted by molar-refractivity contribution is 4.99. The maximum atomic E-state index is 9.36. The van der Waals surface area contributed by atoms with Crippen molar-refractivity contribution in [3.63, 3.8) is 0 Å². The van der Waals surface area contributed by atoms with E-state index in [9.17, 15) is 5.26 Å². The minimum atomic E-state index is 0.290. The topological polar surface area (TPSA) is 27.0 Å². The lowest BCUT2D eigenvalue weighted by atomic mass is 9.76. The number of rotatable bonds is 2. The molecule has 0 amide bonds. The minimum absolute atomic E-state index is 0.290. The van der Waals surface area contributed by atoms with E-state index >= 15 is 0 Å². The third kappa shape index (κ3) is 2.83. The first kappa shape index (κ1) is 12.9. The Labute approximate surface area is 106 Å². The zero-order valence-corrected chi connectivity index (χ0v) is 11.4. The molecule has 1 aliphatic carbocycles. The Hall–Kier alpha value is -0.550. The molecule has 1 heterocycles. The molecule has 2 nitrogen and oxygen atoms in total. The Kier molecular flexibility index (Phi) is 4.45. The van der Waals surface area contributed by atoms with Crippen molar-refractivity contribution < 1.29 is 0 Å². The summed E-state index contributed by atoms with van der Waals surface area (Å²) in [5.74, 6) is 1.15. The summed E-state index contributed by atoms with van der Waals surface area (Å²) < 4.78 is 0. The van der Waals surface area contributed by atoms with Gasteiger partial charge >= 0.3 is 0 Å². The molecule has 2 fully saturated rings. The van der Waals surface area contributed by atoms with Gasteiger partial charge in [0, 0.05) is 12.1 Å². The molecule has 4 unspecified atom stereocenters. The minimum Gasteiger partial charge on any atom is -0.296 e. The first-order valence-corrected chi connectivity index (χ1v) is 7.41. The van der Waals surface area contributed by atoms with E-state index in [1.165, 1.54) is 45.1 Å². The molecular formula is C15H26N2. The van der Waals surface area contributed by atoms with Crippen molar-refractivity contribution in [3.8, 4) is 6.07 Å². The maximum absolute atomic E-state index is 9.36. The van der Waals surface area contributed by atoms with Gasteiger partial charge in [0.1, 0.15) is 0 Å². The van der Waals surface area contributed by atoms with Gasteiger partial charge < -0.3 is 0 Å². The fourth-order valence-corrected chi connectivity index (χ4v) is 3.73. The molecule has 4 atom stereocenters. The van der Waals surface area contributed by atoms with Crippen LogP contribution in [0.5, 0.6) is 0 Å². The number of piperidine rings is 1. The highest BCUT2D eigenvalue weighted by Gasteiger charge is 2.36. The fourth-order valence-electron chi connectivity index (χ4n) is 3.73. The average Bonchev–Trinajstić information content (AvgIpc) is 2.38. The Bertz CT molecular complexity index is 281. The molecule has 0 spiro atoms. The Morgan fingerprint density at radius 1 is 1.24 bits per heavy atom. The molecule has 2 heteroatoms. The lowest BCUT2D eigenvalue weighted by molar-refractivity contribution is 0.0451. The van der Waals surface area contributed by atoms with Gasteiger partial charge in [-0.2, -0.15) is 5.26 Å². The van der Waals surface area contributed by atoms with Crippen LogP contribution in [-0.4, -0.2) is 23.5 Å². The molecular weight excluding hydrogens is 208 g/mol. The van der Waals surface area contributed by atoms with Crippen LogP contribution in [0.3, 0.4) is 0 Å². The Morgan fingerprint density at radius 2 is 2.06 bits per heavy atom. The number of likely N-dealkylation sites (tertiary alicyclic amines) is 1. The van der Waals surface area contributed by atoms with E-state index in [1.807, 2.05) is 0 Å². The summed E-state index contributed by atoms with van der Waals surface area (Å²) in [6.07, 6.45) is 8.98. The molecule has 1 saturated heterocycles. The van der Waals surface area contributed by atoms with Gasteiger partial charge in [-0.15, -0.1) is 0 Å². The molecule has 0 aromatic carbocycles. The summed E-state index contributed by atoms with van der Waals surface area (Å²) >= 11 is 0. The molecule has 2 rings (SSSR count). The van der Waals surface area contributed by atoms with Crippen LogP contribution in [0.15, 0.2) is 0 Å². The highest BCUT2D eigenvalue weighted by Crippen LogP contribution is 2.36. The number of nitrogens with zero attached hydrogens (tertiary/aromatic N) is 2. The smallest absolute Gasteiger partial charge is 0.0672 e. The molecule has 17 heavy (non-hydrogen) atoms. The number of nitriles is 1. The SMILES string of the molecule is CCC1CCC(C#N)C(N2CCCCC2C)C1. The first-order chi connectivity index (χ1) is 8.26. The van der Waals surface area contributed by atoms with Gasteiger partial charge in [0.2, 0.25) is 0 Å². The third-order valence-corrected chi connectivity index (χ3v) is 4.95. The van der Waals surface area contributed by atoms with Crippen LogP contribution in [0, 0.1) is 23.2 Å². The third-order valence-electron chi connectivity index (χ3n) is 4.95. The van der Waals surface area contributed by atoms with Crippen LogP contribution in [0.25, 0.3) is 0 Å². The van der Waals surface area contributed by atoms with E-state index in [-0.39, 0.29) is 0 Å². The molecule has 2 aliphatic rings. The van der Waals surface area contributed by atoms with E-state index in [2.05, 4.69) is 24.8 Å². The van der Waals surface area contributed by atoms with Crippen molar-refractivity contribution in [2.45, 2.75) is 70.9 Å². The van der Waals surface area contributed by atoms with E-state index in [0.717, 1.165) is 12.3 Å². The van der Waals surface area contributed by atoms with Crippen LogP contribution >= 0.6 is 0 Å². The molecule has 1 saturated carbocycles. The van der Waals surface area contributed by atoms with Gasteiger partial charge in [0.25, 0.3) is 0 Å². The monoisotopic (exact) mass is 234 g/mol. The second-order valence-electron chi connectivity index (χ2n) is 5.97. The van der Waals surface area contributed by atoms with Crippen molar-refractivity contribution in [2.75, 3.05) is 6.54 Å². The van der Waals surface area contributed by atoms with E-state index in [4.69, 9.17) is 0 Å². The molecule has 0 aromatic heterocycles. The van der Waals surface area contributed by atoms with E-state index in [0.29, 0.717) is 18.0 Å². The van der Waals surface area contributed by atoms with Crippen LogP contribution in [-0.2, 0) is 0 Å². The summed E-state index contributed by atoms with van der Waals surface area (Å²) in [5.41, 5.74) is 0. The maximum Gasteiger partial charge on any atom is 0.0672 e. The van der Waals surface area contributed by atoms with Crippen molar-refractivity contribution in [1.29, 1.82) is 5.26 Å². The zero-order valence-electron chi connectivity index (χ0n) is 11.4. The van der Waals surface area contributed by atoms with Gasteiger partial charge in [-0.1, -0.05) is 19.8 Å². The van der Waals surface area contributed by atoms with Crippen LogP contribution in [0.4, 0.5) is 0 Å². The Morgan fingerprint density at radius 3 is 2.71 bits per heavy atom. The van der Waals surface area contributed by atoms with Gasteiger partial charge in [-0.05, 0) is 51.5 Å². The summed E-state index contributed by atoms with van der Waals surface area (Å²) in [7, 11) is 0. The van der Waals surface area contributed by atoms with E-state index < -0.39 is 0 Å². The normalized spacial score (nSPS) is 39.8. The molecule has 1 aliphatic heterocycles. The summed E-state index contributed by atoms with van der Waals surface area (Å²) in [4.78, 5) is 2.65. The first-order valence-electron chi connectivity index (χ1n) is 7.41. The van der Waals surface area contributed by atoms with Crippen LogP contribution in [0.1, 0.15) is 58.8 Å².